The third-order valence-electron chi connectivity index (χ3n) is 6.38. The summed E-state index contributed by atoms with van der Waals surface area (Å²) in [7, 11) is 0. The number of hydrogen-bond acceptors (Lipinski definition) is 2. The Bertz CT molecular complexity index is 745. The Morgan fingerprint density at radius 2 is 1.74 bits per heavy atom. The molecule has 5 rings (SSSR count). The first-order chi connectivity index (χ1) is 13.3. The number of para-hydroxylation sites is 1. The van der Waals surface area contributed by atoms with Gasteiger partial charge in [0.1, 0.15) is 0 Å². The fourth-order valence-corrected chi connectivity index (χ4v) is 4.97. The molecule has 1 saturated carbocycles. The van der Waals surface area contributed by atoms with E-state index in [0.717, 1.165) is 31.6 Å². The second-order valence-corrected chi connectivity index (χ2v) is 7.98. The van der Waals surface area contributed by atoms with Crippen molar-refractivity contribution >= 4 is 11.6 Å². The minimum absolute atomic E-state index is 0.259. The lowest BCUT2D eigenvalue weighted by Crippen LogP contribution is -2.60. The number of anilines is 1. The third kappa shape index (κ3) is 3.93. The highest BCUT2D eigenvalue weighted by atomic mass is 16.2. The Kier molecular flexibility index (Phi) is 5.58. The molecule has 3 aliphatic rings. The van der Waals surface area contributed by atoms with Crippen LogP contribution in [-0.4, -0.2) is 36.0 Å². The lowest BCUT2D eigenvalue weighted by atomic mass is 9.75. The van der Waals surface area contributed by atoms with E-state index in [0.29, 0.717) is 24.4 Å². The number of nitrogens with zero attached hydrogens (tertiary/aromatic N) is 2. The standard InChI is InChI=1S/C24H30N2O/c1-2-24(27)26(21-11-7-4-8-12-21)23-17-22-14-13-20(23)18-25(22)16-15-19-9-5-3-6-10-19/h3-12,20,22-23H,2,13-18H2,1H3/t20-,22+,23-/m0/s1. The van der Waals surface area contributed by atoms with E-state index in [1.807, 2.05) is 25.1 Å². The van der Waals surface area contributed by atoms with Crippen LogP contribution in [0, 0.1) is 5.92 Å². The fourth-order valence-electron chi connectivity index (χ4n) is 4.97. The lowest BCUT2D eigenvalue weighted by Gasteiger charge is -2.52. The van der Waals surface area contributed by atoms with E-state index in [2.05, 4.69) is 52.3 Å². The minimum atomic E-state index is 0.259. The average Bonchev–Trinajstić information content (AvgIpc) is 2.74. The van der Waals surface area contributed by atoms with Crippen LogP contribution in [0.15, 0.2) is 60.7 Å². The first-order valence-electron chi connectivity index (χ1n) is 10.4. The average molecular weight is 363 g/mol. The van der Waals surface area contributed by atoms with E-state index in [9.17, 15) is 4.79 Å². The Morgan fingerprint density at radius 1 is 1.04 bits per heavy atom. The van der Waals surface area contributed by atoms with Crippen LogP contribution in [0.1, 0.15) is 38.2 Å². The summed E-state index contributed by atoms with van der Waals surface area (Å²) in [4.78, 5) is 17.6. The smallest absolute Gasteiger partial charge is 0.226 e. The molecule has 0 unspecified atom stereocenters. The van der Waals surface area contributed by atoms with E-state index in [4.69, 9.17) is 0 Å². The second-order valence-electron chi connectivity index (χ2n) is 7.98. The summed E-state index contributed by atoms with van der Waals surface area (Å²) < 4.78 is 0. The topological polar surface area (TPSA) is 23.6 Å². The van der Waals surface area contributed by atoms with Gasteiger partial charge >= 0.3 is 0 Å². The maximum Gasteiger partial charge on any atom is 0.226 e. The zero-order valence-corrected chi connectivity index (χ0v) is 16.3. The second kappa shape index (κ2) is 8.26. The van der Waals surface area contributed by atoms with E-state index in [1.165, 1.54) is 18.4 Å². The number of hydrogen-bond donors (Lipinski definition) is 0. The van der Waals surface area contributed by atoms with Gasteiger partial charge in [-0.05, 0) is 49.3 Å². The fraction of sp³-hybridized carbons (Fsp3) is 0.458. The van der Waals surface area contributed by atoms with Crippen molar-refractivity contribution in [2.24, 2.45) is 5.92 Å². The van der Waals surface area contributed by atoms with E-state index in [-0.39, 0.29) is 5.91 Å². The van der Waals surface area contributed by atoms with Crippen LogP contribution in [0.3, 0.4) is 0 Å². The highest BCUT2D eigenvalue weighted by Gasteiger charge is 2.43. The number of fused-ring (bicyclic) bond motifs is 3. The molecule has 0 spiro atoms. The van der Waals surface area contributed by atoms with Crippen molar-refractivity contribution in [3.8, 4) is 0 Å². The lowest BCUT2D eigenvalue weighted by molar-refractivity contribution is -0.119. The van der Waals surface area contributed by atoms with E-state index < -0.39 is 0 Å². The molecule has 142 valence electrons. The Balaban J connectivity index is 1.46. The predicted octanol–water partition coefficient (Wildman–Crippen LogP) is 4.53. The van der Waals surface area contributed by atoms with E-state index >= 15 is 0 Å². The largest absolute Gasteiger partial charge is 0.309 e. The van der Waals surface area contributed by atoms with Crippen LogP contribution in [0.25, 0.3) is 0 Å². The number of carbonyl (C=O) groups excluding carboxylic acids is 1. The van der Waals surface area contributed by atoms with Crippen molar-refractivity contribution in [1.29, 1.82) is 0 Å². The zero-order valence-electron chi connectivity index (χ0n) is 16.3. The Hall–Kier alpha value is -2.13. The van der Waals surface area contributed by atoms with Gasteiger partial charge < -0.3 is 4.90 Å². The van der Waals surface area contributed by atoms with Crippen molar-refractivity contribution in [2.45, 2.75) is 51.1 Å². The molecule has 1 aliphatic carbocycles. The van der Waals surface area contributed by atoms with E-state index in [1.54, 1.807) is 0 Å². The van der Waals surface area contributed by atoms with Gasteiger partial charge in [-0.3, -0.25) is 9.69 Å². The Labute approximate surface area is 163 Å². The molecule has 27 heavy (non-hydrogen) atoms. The molecule has 2 saturated heterocycles. The van der Waals surface area contributed by atoms with Crippen LogP contribution < -0.4 is 4.90 Å². The number of benzene rings is 2. The number of amides is 1. The van der Waals surface area contributed by atoms with Crippen molar-refractivity contribution in [1.82, 2.24) is 4.90 Å². The molecule has 3 heteroatoms. The van der Waals surface area contributed by atoms with Gasteiger partial charge in [-0.15, -0.1) is 0 Å². The first kappa shape index (κ1) is 18.2. The SMILES string of the molecule is CCC(=O)N(c1ccccc1)[C@H]1C[C@H]2CC[C@H]1CN2CCc1ccccc1. The predicted molar refractivity (Wildman–Crippen MR) is 111 cm³/mol. The molecule has 2 bridgehead atoms. The van der Waals surface area contributed by atoms with Gasteiger partial charge in [0.05, 0.1) is 0 Å². The molecular formula is C24H30N2O. The molecule has 1 amide bonds. The molecule has 2 aliphatic heterocycles. The summed E-state index contributed by atoms with van der Waals surface area (Å²) >= 11 is 0. The maximum absolute atomic E-state index is 12.8. The molecule has 0 radical (unpaired) electrons. The van der Waals surface area contributed by atoms with Gasteiger partial charge in [-0.25, -0.2) is 0 Å². The molecule has 3 atom stereocenters. The van der Waals surface area contributed by atoms with Crippen LogP contribution in [0.2, 0.25) is 0 Å². The molecular weight excluding hydrogens is 332 g/mol. The summed E-state index contributed by atoms with van der Waals surface area (Å²) in [6.07, 6.45) is 5.32. The van der Waals surface area contributed by atoms with Gasteiger partial charge in [-0.2, -0.15) is 0 Å². The van der Waals surface area contributed by atoms with Gasteiger partial charge in [0, 0.05) is 37.3 Å². The number of carbonyl (C=O) groups is 1. The summed E-state index contributed by atoms with van der Waals surface area (Å²) in [6.45, 7) is 4.24. The zero-order chi connectivity index (χ0) is 18.6. The molecule has 2 heterocycles. The quantitative estimate of drug-likeness (QED) is 0.754. The summed E-state index contributed by atoms with van der Waals surface area (Å²) in [6, 6.07) is 22.0. The van der Waals surface area contributed by atoms with Gasteiger partial charge in [-0.1, -0.05) is 55.5 Å². The molecule has 0 N–H and O–H groups in total. The van der Waals surface area contributed by atoms with Crippen LogP contribution >= 0.6 is 0 Å². The first-order valence-corrected chi connectivity index (χ1v) is 10.4. The molecule has 2 aromatic carbocycles. The minimum Gasteiger partial charge on any atom is -0.309 e. The number of piperidine rings is 2. The molecule has 3 nitrogen and oxygen atoms in total. The van der Waals surface area contributed by atoms with Crippen molar-refractivity contribution in [3.05, 3.63) is 66.2 Å². The Morgan fingerprint density at radius 3 is 2.37 bits per heavy atom. The maximum atomic E-state index is 12.8. The van der Waals surface area contributed by atoms with Crippen molar-refractivity contribution in [3.63, 3.8) is 0 Å². The summed E-state index contributed by atoms with van der Waals surface area (Å²) in [5.41, 5.74) is 2.49. The molecule has 0 aromatic heterocycles. The summed E-state index contributed by atoms with van der Waals surface area (Å²) in [5.74, 6) is 0.844. The van der Waals surface area contributed by atoms with Crippen molar-refractivity contribution < 1.29 is 4.79 Å². The van der Waals surface area contributed by atoms with Gasteiger partial charge in [0.25, 0.3) is 0 Å². The third-order valence-corrected chi connectivity index (χ3v) is 6.38. The normalized spacial score (nSPS) is 24.7. The van der Waals surface area contributed by atoms with Gasteiger partial charge in [0.2, 0.25) is 5.91 Å². The molecule has 3 fully saturated rings. The number of rotatable bonds is 6. The summed E-state index contributed by atoms with van der Waals surface area (Å²) in [5, 5.41) is 0. The van der Waals surface area contributed by atoms with Gasteiger partial charge in [0.15, 0.2) is 0 Å². The monoisotopic (exact) mass is 362 g/mol. The van der Waals surface area contributed by atoms with Crippen LogP contribution in [0.4, 0.5) is 5.69 Å². The highest BCUT2D eigenvalue weighted by Crippen LogP contribution is 2.39. The van der Waals surface area contributed by atoms with Crippen molar-refractivity contribution in [2.75, 3.05) is 18.0 Å². The molecule has 2 aromatic rings. The highest BCUT2D eigenvalue weighted by molar-refractivity contribution is 5.93. The van der Waals surface area contributed by atoms with Crippen LogP contribution in [-0.2, 0) is 11.2 Å². The van der Waals surface area contributed by atoms with Crippen LogP contribution in [0.5, 0.6) is 0 Å².